The molecule has 0 N–H and O–H groups in total. The van der Waals surface area contributed by atoms with Crippen molar-refractivity contribution >= 4 is 21.9 Å². The molecular formula is C43H32IrN2O-2. The van der Waals surface area contributed by atoms with Crippen molar-refractivity contribution in [2.45, 2.75) is 19.7 Å². The Labute approximate surface area is 295 Å². The molecule has 4 heteroatoms. The molecule has 0 aliphatic rings. The molecule has 8 aromatic rings. The van der Waals surface area contributed by atoms with Crippen LogP contribution in [-0.2, 0) is 20.1 Å². The molecule has 0 fully saturated rings. The van der Waals surface area contributed by atoms with Crippen molar-refractivity contribution in [1.82, 2.24) is 9.97 Å². The number of nitrogens with zero attached hydrogens (tertiary/aromatic N) is 2. The number of aromatic nitrogens is 2. The molecule has 47 heavy (non-hydrogen) atoms. The van der Waals surface area contributed by atoms with Crippen molar-refractivity contribution in [3.8, 4) is 33.6 Å². The first-order chi connectivity index (χ1) is 24.2. The number of hydrogen-bond donors (Lipinski definition) is 0. The van der Waals surface area contributed by atoms with Gasteiger partial charge in [0.2, 0.25) is 0 Å². The monoisotopic (exact) mass is 789 g/mol. The summed E-state index contributed by atoms with van der Waals surface area (Å²) >= 11 is 0. The van der Waals surface area contributed by atoms with Crippen molar-refractivity contribution in [2.75, 3.05) is 0 Å². The van der Waals surface area contributed by atoms with Gasteiger partial charge < -0.3 is 14.4 Å². The van der Waals surface area contributed by atoms with Gasteiger partial charge in [-0.2, -0.15) is 0 Å². The number of para-hydroxylation sites is 1. The zero-order chi connectivity index (χ0) is 34.7. The van der Waals surface area contributed by atoms with Gasteiger partial charge in [-0.15, -0.1) is 59.2 Å². The van der Waals surface area contributed by atoms with Crippen molar-refractivity contribution in [2.24, 2.45) is 0 Å². The van der Waals surface area contributed by atoms with Crippen LogP contribution in [0.5, 0.6) is 0 Å². The average Bonchev–Trinajstić information content (AvgIpc) is 3.54. The van der Waals surface area contributed by atoms with Gasteiger partial charge in [0.15, 0.2) is 0 Å². The molecule has 3 nitrogen and oxygen atoms in total. The van der Waals surface area contributed by atoms with Gasteiger partial charge in [-0.05, 0) is 53.0 Å². The van der Waals surface area contributed by atoms with Crippen LogP contribution in [0.25, 0.3) is 55.6 Å². The summed E-state index contributed by atoms with van der Waals surface area (Å²) in [6.07, 6.45) is 3.41. The summed E-state index contributed by atoms with van der Waals surface area (Å²) in [6.45, 7) is -0.338. The Balaban J connectivity index is 0.000000181. The molecule has 0 spiro atoms. The largest absolute Gasteiger partial charge is 0.500 e. The molecule has 0 bridgehead atoms. The Morgan fingerprint density at radius 3 is 2.21 bits per heavy atom. The molecular weight excluding hydrogens is 753 g/mol. The number of hydrogen-bond acceptors (Lipinski definition) is 3. The van der Waals surface area contributed by atoms with Crippen LogP contribution in [0.3, 0.4) is 0 Å². The van der Waals surface area contributed by atoms with Gasteiger partial charge in [0, 0.05) is 48.9 Å². The predicted molar refractivity (Wildman–Crippen MR) is 188 cm³/mol. The summed E-state index contributed by atoms with van der Waals surface area (Å²) in [6, 6.07) is 50.6. The quantitative estimate of drug-likeness (QED) is 0.163. The molecule has 0 saturated heterocycles. The third-order valence-electron chi connectivity index (χ3n) is 7.96. The third kappa shape index (κ3) is 7.00. The van der Waals surface area contributed by atoms with Crippen molar-refractivity contribution in [3.63, 3.8) is 0 Å². The molecule has 5 aromatic carbocycles. The number of pyridine rings is 2. The van der Waals surface area contributed by atoms with Crippen LogP contribution < -0.4 is 0 Å². The number of rotatable bonds is 5. The smallest absolute Gasteiger partial charge is 0.120 e. The fourth-order valence-corrected chi connectivity index (χ4v) is 5.49. The maximum absolute atomic E-state index is 8.73. The second-order valence-corrected chi connectivity index (χ2v) is 10.9. The molecule has 1 atom stereocenters. The van der Waals surface area contributed by atoms with Crippen LogP contribution in [0.1, 0.15) is 35.0 Å². The maximum Gasteiger partial charge on any atom is 0.120 e. The van der Waals surface area contributed by atoms with Crippen molar-refractivity contribution in [3.05, 3.63) is 181 Å². The molecule has 3 aromatic heterocycles. The van der Waals surface area contributed by atoms with E-state index in [9.17, 15) is 0 Å². The van der Waals surface area contributed by atoms with Gasteiger partial charge in [-0.3, -0.25) is 0 Å². The second kappa shape index (κ2) is 14.5. The average molecular weight is 789 g/mol. The van der Waals surface area contributed by atoms with Crippen molar-refractivity contribution in [1.29, 1.82) is 0 Å². The first-order valence-electron chi connectivity index (χ1n) is 17.1. The number of aryl methyl sites for hydroxylation is 1. The molecule has 1 unspecified atom stereocenters. The Kier molecular flexibility index (Phi) is 8.34. The summed E-state index contributed by atoms with van der Waals surface area (Å²) in [5, 5.41) is 1.97. The van der Waals surface area contributed by atoms with Gasteiger partial charge in [0.25, 0.3) is 0 Å². The fraction of sp³-hybridized carbons (Fsp3) is 0.0698. The summed E-state index contributed by atoms with van der Waals surface area (Å²) in [7, 11) is 0. The van der Waals surface area contributed by atoms with Gasteiger partial charge in [-0.25, -0.2) is 0 Å². The van der Waals surface area contributed by atoms with E-state index < -0.39 is 12.7 Å². The summed E-state index contributed by atoms with van der Waals surface area (Å²) in [5.41, 5.74) is 8.29. The van der Waals surface area contributed by atoms with Crippen LogP contribution in [-0.4, -0.2) is 9.97 Å². The van der Waals surface area contributed by atoms with E-state index in [-0.39, 0.29) is 25.7 Å². The fourth-order valence-electron chi connectivity index (χ4n) is 5.49. The van der Waals surface area contributed by atoms with E-state index in [1.165, 1.54) is 0 Å². The van der Waals surface area contributed by atoms with Crippen LogP contribution in [0.15, 0.2) is 156 Å². The summed E-state index contributed by atoms with van der Waals surface area (Å²) in [4.78, 5) is 8.91. The van der Waals surface area contributed by atoms with Crippen LogP contribution >= 0.6 is 0 Å². The van der Waals surface area contributed by atoms with Crippen LogP contribution in [0.4, 0.5) is 0 Å². The van der Waals surface area contributed by atoms with E-state index in [0.29, 0.717) is 11.3 Å². The zero-order valence-electron chi connectivity index (χ0n) is 29.6. The zero-order valence-corrected chi connectivity index (χ0v) is 28.0. The van der Waals surface area contributed by atoms with E-state index in [4.69, 9.17) is 9.90 Å². The minimum Gasteiger partial charge on any atom is -0.500 e. The number of fused-ring (bicyclic) bond motifs is 3. The molecule has 0 amide bonds. The second-order valence-electron chi connectivity index (χ2n) is 10.9. The maximum atomic E-state index is 8.73. The topological polar surface area (TPSA) is 38.9 Å². The van der Waals surface area contributed by atoms with Gasteiger partial charge in [0.1, 0.15) is 5.58 Å². The van der Waals surface area contributed by atoms with E-state index >= 15 is 0 Å². The van der Waals surface area contributed by atoms with Crippen LogP contribution in [0.2, 0.25) is 0 Å². The van der Waals surface area contributed by atoms with E-state index in [0.717, 1.165) is 55.4 Å². The van der Waals surface area contributed by atoms with Gasteiger partial charge in [-0.1, -0.05) is 109 Å². The standard InChI is InChI=1S/C24H16NO.C19H16N.Ir/c1-16-13-22(25-15-21(16)17-7-3-2-4-8-17)18-11-12-24-20(14-18)19-9-5-6-10-23(19)26-24;1-15(16-8-3-2-4-9-16)17-10-7-11-18(14-17)19-12-5-6-13-20-19;/h2-10,12-15H,1H3;2-10,12-15H,1H3;/q2*-1;/i1D3;15D;. The molecule has 1 radical (unpaired) electrons. The molecule has 231 valence electrons. The Bertz CT molecular complexity index is 2390. The van der Waals surface area contributed by atoms with Gasteiger partial charge in [0.05, 0.1) is 5.58 Å². The molecule has 0 aliphatic heterocycles. The molecule has 0 saturated carbocycles. The van der Waals surface area contributed by atoms with E-state index in [1.54, 1.807) is 24.5 Å². The minimum atomic E-state index is -2.25. The minimum absolute atomic E-state index is 0. The molecule has 3 heterocycles. The first kappa shape index (κ1) is 27.0. The summed E-state index contributed by atoms with van der Waals surface area (Å²) in [5.74, 6) is -0.792. The van der Waals surface area contributed by atoms with E-state index in [2.05, 4.69) is 22.1 Å². The third-order valence-corrected chi connectivity index (χ3v) is 7.96. The molecule has 0 aliphatic carbocycles. The van der Waals surface area contributed by atoms with E-state index in [1.807, 2.05) is 134 Å². The predicted octanol–water partition coefficient (Wildman–Crippen LogP) is 11.1. The first-order valence-corrected chi connectivity index (χ1v) is 15.1. The Morgan fingerprint density at radius 2 is 1.43 bits per heavy atom. The molecule has 8 rings (SSSR count). The Morgan fingerprint density at radius 1 is 0.681 bits per heavy atom. The SMILES string of the molecule is [2H]C(C)(c1ccccc1)c1cc[c-]c(-c2ccccn2)c1.[2H]C([2H])([2H])c1cc(-c2[c-]cc3oc4ccccc4c3c2)ncc1-c1ccccc1.[Ir]. The summed E-state index contributed by atoms with van der Waals surface area (Å²) < 4.78 is 38.6. The van der Waals surface area contributed by atoms with Crippen molar-refractivity contribution < 1.29 is 30.0 Å². The van der Waals surface area contributed by atoms with Crippen LogP contribution in [0, 0.1) is 19.0 Å². The van der Waals surface area contributed by atoms with Gasteiger partial charge >= 0.3 is 0 Å². The Hall–Kier alpha value is -5.15. The normalized spacial score (nSPS) is 13.6. The number of furan rings is 1. The number of benzene rings is 5.